The van der Waals surface area contributed by atoms with Gasteiger partial charge in [0.2, 0.25) is 5.91 Å². The summed E-state index contributed by atoms with van der Waals surface area (Å²) in [4.78, 5) is 16.9. The lowest BCUT2D eigenvalue weighted by Crippen LogP contribution is -2.54. The Balaban J connectivity index is 1.63. The van der Waals surface area contributed by atoms with Crippen molar-refractivity contribution in [3.8, 4) is 0 Å². The van der Waals surface area contributed by atoms with E-state index >= 15 is 0 Å². The average molecular weight is 313 g/mol. The molecular formula is C17H23N5O. The molecule has 1 amide bonds. The number of hydrogen-bond donors (Lipinski definition) is 0. The lowest BCUT2D eigenvalue weighted by molar-refractivity contribution is -0.133. The van der Waals surface area contributed by atoms with E-state index in [1.165, 1.54) is 5.56 Å². The van der Waals surface area contributed by atoms with E-state index in [4.69, 9.17) is 0 Å². The van der Waals surface area contributed by atoms with Crippen molar-refractivity contribution in [3.63, 3.8) is 0 Å². The van der Waals surface area contributed by atoms with Crippen molar-refractivity contribution in [2.24, 2.45) is 7.05 Å². The van der Waals surface area contributed by atoms with E-state index in [9.17, 15) is 4.79 Å². The smallest absolute Gasteiger partial charge is 0.228 e. The predicted molar refractivity (Wildman–Crippen MR) is 87.9 cm³/mol. The molecule has 0 bridgehead atoms. The molecule has 1 atom stereocenters. The second-order valence-electron chi connectivity index (χ2n) is 6.19. The largest absolute Gasteiger partial charge is 0.339 e. The summed E-state index contributed by atoms with van der Waals surface area (Å²) in [6.45, 7) is 2.47. The number of nitrogens with zero attached hydrogens (tertiary/aromatic N) is 5. The molecule has 1 aromatic carbocycles. The van der Waals surface area contributed by atoms with Crippen LogP contribution in [-0.4, -0.2) is 63.4 Å². The number of hydrogen-bond acceptors (Lipinski definition) is 4. The zero-order valence-electron chi connectivity index (χ0n) is 13.7. The van der Waals surface area contributed by atoms with Gasteiger partial charge in [0.05, 0.1) is 18.3 Å². The zero-order valence-corrected chi connectivity index (χ0v) is 13.7. The van der Waals surface area contributed by atoms with Crippen molar-refractivity contribution >= 4 is 5.91 Å². The minimum absolute atomic E-state index is 0.154. The number of rotatable bonds is 4. The quantitative estimate of drug-likeness (QED) is 0.835. The van der Waals surface area contributed by atoms with Gasteiger partial charge in [-0.15, -0.1) is 5.10 Å². The maximum atomic E-state index is 12.6. The zero-order chi connectivity index (χ0) is 16.2. The van der Waals surface area contributed by atoms with Crippen LogP contribution in [0.3, 0.4) is 0 Å². The van der Waals surface area contributed by atoms with Crippen LogP contribution >= 0.6 is 0 Å². The molecule has 2 aromatic rings. The summed E-state index contributed by atoms with van der Waals surface area (Å²) in [6, 6.07) is 10.8. The van der Waals surface area contributed by atoms with Crippen LogP contribution in [0.25, 0.3) is 0 Å². The van der Waals surface area contributed by atoms with Crippen LogP contribution in [0.15, 0.2) is 36.5 Å². The van der Waals surface area contributed by atoms with Crippen LogP contribution in [0.1, 0.15) is 11.3 Å². The molecule has 1 unspecified atom stereocenters. The Labute approximate surface area is 136 Å². The lowest BCUT2D eigenvalue weighted by Gasteiger charge is -2.39. The number of benzene rings is 1. The first-order valence-electron chi connectivity index (χ1n) is 7.99. The molecule has 23 heavy (non-hydrogen) atoms. The lowest BCUT2D eigenvalue weighted by atomic mass is 10.0. The number of piperazine rings is 1. The molecule has 0 N–H and O–H groups in total. The highest BCUT2D eigenvalue weighted by Crippen LogP contribution is 2.14. The van der Waals surface area contributed by atoms with E-state index < -0.39 is 0 Å². The Bertz CT molecular complexity index is 654. The Morgan fingerprint density at radius 3 is 2.70 bits per heavy atom. The van der Waals surface area contributed by atoms with Gasteiger partial charge in [0.15, 0.2) is 0 Å². The van der Waals surface area contributed by atoms with E-state index in [1.54, 1.807) is 10.9 Å². The third-order valence-electron chi connectivity index (χ3n) is 4.58. The number of carbonyl (C=O) groups is 1. The standard InChI is InChI=1S/C17H23N5O/c1-20-8-9-22(17(23)11-15-12-18-19-21(15)2)13-16(20)10-14-6-4-3-5-7-14/h3-7,12,16H,8-11,13H2,1-2H3. The third-order valence-corrected chi connectivity index (χ3v) is 4.58. The number of likely N-dealkylation sites (N-methyl/N-ethyl adjacent to an activating group) is 1. The molecule has 0 aliphatic carbocycles. The molecule has 1 aliphatic heterocycles. The molecule has 1 aromatic heterocycles. The fourth-order valence-electron chi connectivity index (χ4n) is 3.02. The second-order valence-corrected chi connectivity index (χ2v) is 6.19. The van der Waals surface area contributed by atoms with Gasteiger partial charge in [-0.2, -0.15) is 0 Å². The van der Waals surface area contributed by atoms with Gasteiger partial charge in [0.1, 0.15) is 0 Å². The molecule has 6 nitrogen and oxygen atoms in total. The van der Waals surface area contributed by atoms with E-state index in [-0.39, 0.29) is 5.91 Å². The normalized spacial score (nSPS) is 19.0. The van der Waals surface area contributed by atoms with Crippen molar-refractivity contribution in [3.05, 3.63) is 47.8 Å². The highest BCUT2D eigenvalue weighted by Gasteiger charge is 2.27. The van der Waals surface area contributed by atoms with E-state index in [1.807, 2.05) is 18.0 Å². The van der Waals surface area contributed by atoms with Gasteiger partial charge >= 0.3 is 0 Å². The monoisotopic (exact) mass is 313 g/mol. The molecule has 122 valence electrons. The summed E-state index contributed by atoms with van der Waals surface area (Å²) >= 11 is 0. The van der Waals surface area contributed by atoms with Crippen molar-refractivity contribution in [1.82, 2.24) is 24.8 Å². The van der Waals surface area contributed by atoms with Gasteiger partial charge in [-0.05, 0) is 19.0 Å². The molecule has 1 fully saturated rings. The fourth-order valence-corrected chi connectivity index (χ4v) is 3.02. The van der Waals surface area contributed by atoms with Crippen molar-refractivity contribution in [2.75, 3.05) is 26.7 Å². The summed E-state index contributed by atoms with van der Waals surface area (Å²) in [5.41, 5.74) is 2.17. The van der Waals surface area contributed by atoms with Gasteiger partial charge < -0.3 is 4.90 Å². The highest BCUT2D eigenvalue weighted by atomic mass is 16.2. The average Bonchev–Trinajstić information content (AvgIpc) is 2.95. The van der Waals surface area contributed by atoms with Gasteiger partial charge in [0, 0.05) is 32.7 Å². The highest BCUT2D eigenvalue weighted by molar-refractivity contribution is 5.78. The van der Waals surface area contributed by atoms with Crippen LogP contribution < -0.4 is 0 Å². The SMILES string of the molecule is CN1CCN(C(=O)Cc2cnnn2C)CC1Cc1ccccc1. The molecule has 0 spiro atoms. The first-order chi connectivity index (χ1) is 11.1. The van der Waals surface area contributed by atoms with Gasteiger partial charge in [-0.3, -0.25) is 14.4 Å². The molecular weight excluding hydrogens is 290 g/mol. The number of aryl methyl sites for hydroxylation is 1. The molecule has 3 rings (SSSR count). The third kappa shape index (κ3) is 3.76. The minimum Gasteiger partial charge on any atom is -0.339 e. The van der Waals surface area contributed by atoms with Gasteiger partial charge in [-0.25, -0.2) is 0 Å². The summed E-state index contributed by atoms with van der Waals surface area (Å²) in [5, 5.41) is 7.72. The van der Waals surface area contributed by atoms with Crippen molar-refractivity contribution in [1.29, 1.82) is 0 Å². The predicted octanol–water partition coefficient (Wildman–Crippen LogP) is 0.743. The van der Waals surface area contributed by atoms with Crippen LogP contribution in [0, 0.1) is 0 Å². The summed E-state index contributed by atoms with van der Waals surface area (Å²) in [5.74, 6) is 0.154. The van der Waals surface area contributed by atoms with Crippen LogP contribution in [0.5, 0.6) is 0 Å². The molecule has 0 saturated carbocycles. The maximum absolute atomic E-state index is 12.6. The number of carbonyl (C=O) groups excluding carboxylic acids is 1. The van der Waals surface area contributed by atoms with Gasteiger partial charge in [0.25, 0.3) is 0 Å². The molecule has 1 saturated heterocycles. The van der Waals surface area contributed by atoms with Crippen molar-refractivity contribution in [2.45, 2.75) is 18.9 Å². The Kier molecular flexibility index (Phi) is 4.71. The topological polar surface area (TPSA) is 54.3 Å². The van der Waals surface area contributed by atoms with Crippen LogP contribution in [-0.2, 0) is 24.7 Å². The van der Waals surface area contributed by atoms with E-state index in [0.29, 0.717) is 12.5 Å². The van der Waals surface area contributed by atoms with E-state index in [0.717, 1.165) is 31.7 Å². The van der Waals surface area contributed by atoms with Crippen LogP contribution in [0.2, 0.25) is 0 Å². The van der Waals surface area contributed by atoms with Gasteiger partial charge in [-0.1, -0.05) is 35.5 Å². The fraction of sp³-hybridized carbons (Fsp3) is 0.471. The first kappa shape index (κ1) is 15.7. The Hall–Kier alpha value is -2.21. The summed E-state index contributed by atoms with van der Waals surface area (Å²) in [6.07, 6.45) is 3.00. The second kappa shape index (κ2) is 6.91. The Morgan fingerprint density at radius 1 is 1.22 bits per heavy atom. The van der Waals surface area contributed by atoms with Crippen LogP contribution in [0.4, 0.5) is 0 Å². The molecule has 1 aliphatic rings. The molecule has 0 radical (unpaired) electrons. The minimum atomic E-state index is 0.154. The van der Waals surface area contributed by atoms with Crippen molar-refractivity contribution < 1.29 is 4.79 Å². The summed E-state index contributed by atoms with van der Waals surface area (Å²) in [7, 11) is 3.96. The molecule has 2 heterocycles. The number of amides is 1. The summed E-state index contributed by atoms with van der Waals surface area (Å²) < 4.78 is 1.66. The first-order valence-corrected chi connectivity index (χ1v) is 7.99. The maximum Gasteiger partial charge on any atom is 0.228 e. The molecule has 6 heteroatoms. The number of aromatic nitrogens is 3. The van der Waals surface area contributed by atoms with E-state index in [2.05, 4.69) is 46.5 Å². The Morgan fingerprint density at radius 2 is 2.00 bits per heavy atom.